The van der Waals surface area contributed by atoms with Crippen molar-refractivity contribution in [3.63, 3.8) is 0 Å². The van der Waals surface area contributed by atoms with Crippen molar-refractivity contribution >= 4 is 21.9 Å². The van der Waals surface area contributed by atoms with E-state index in [-0.39, 0.29) is 5.69 Å². The molecule has 5 heteroatoms. The highest BCUT2D eigenvalue weighted by Gasteiger charge is 2.03. The highest BCUT2D eigenvalue weighted by atomic mass is 79.9. The highest BCUT2D eigenvalue weighted by Crippen LogP contribution is 1.99. The topological polar surface area (TPSA) is 63.1 Å². The van der Waals surface area contributed by atoms with E-state index < -0.39 is 5.97 Å². The van der Waals surface area contributed by atoms with E-state index in [2.05, 4.69) is 25.9 Å². The van der Waals surface area contributed by atoms with E-state index in [1.807, 2.05) is 0 Å². The largest absolute Gasteiger partial charge is 0.476 e. The van der Waals surface area contributed by atoms with Crippen molar-refractivity contribution in [2.24, 2.45) is 0 Å². The summed E-state index contributed by atoms with van der Waals surface area (Å²) in [7, 11) is 0. The van der Waals surface area contributed by atoms with Crippen molar-refractivity contribution in [1.29, 1.82) is 0 Å². The van der Waals surface area contributed by atoms with Crippen molar-refractivity contribution in [2.45, 2.75) is 5.33 Å². The number of alkyl halides is 1. The lowest BCUT2D eigenvalue weighted by Gasteiger charge is -1.93. The van der Waals surface area contributed by atoms with Gasteiger partial charge in [0.2, 0.25) is 0 Å². The number of carbonyl (C=O) groups is 1. The van der Waals surface area contributed by atoms with Gasteiger partial charge >= 0.3 is 5.97 Å². The number of nitrogens with zero attached hydrogens (tertiary/aromatic N) is 2. The van der Waals surface area contributed by atoms with Crippen molar-refractivity contribution in [3.05, 3.63) is 23.8 Å². The molecule has 0 aliphatic carbocycles. The van der Waals surface area contributed by atoms with Gasteiger partial charge in [0.15, 0.2) is 5.69 Å². The van der Waals surface area contributed by atoms with E-state index in [1.54, 1.807) is 0 Å². The lowest BCUT2D eigenvalue weighted by molar-refractivity contribution is 0.0690. The van der Waals surface area contributed by atoms with Gasteiger partial charge in [0.25, 0.3) is 0 Å². The summed E-state index contributed by atoms with van der Waals surface area (Å²) in [5.41, 5.74) is 0.685. The molecule has 0 saturated carbocycles. The predicted octanol–water partition coefficient (Wildman–Crippen LogP) is 1.07. The van der Waals surface area contributed by atoms with Crippen LogP contribution in [0.5, 0.6) is 0 Å². The number of halogens is 1. The molecule has 0 aromatic carbocycles. The normalized spacial score (nSPS) is 9.55. The minimum atomic E-state index is -1.06. The lowest BCUT2D eigenvalue weighted by atomic mass is 10.4. The second-order valence-electron chi connectivity index (χ2n) is 1.83. The molecule has 0 spiro atoms. The monoisotopic (exact) mass is 216 g/mol. The molecule has 0 saturated heterocycles. The fourth-order valence-corrected chi connectivity index (χ4v) is 0.824. The van der Waals surface area contributed by atoms with Gasteiger partial charge < -0.3 is 5.11 Å². The Morgan fingerprint density at radius 3 is 2.64 bits per heavy atom. The molecule has 0 unspecified atom stereocenters. The van der Waals surface area contributed by atoms with Crippen molar-refractivity contribution < 1.29 is 9.90 Å². The molecule has 0 amide bonds. The smallest absolute Gasteiger partial charge is 0.356 e. The maximum atomic E-state index is 10.3. The summed E-state index contributed by atoms with van der Waals surface area (Å²) in [5.74, 6) is -1.06. The van der Waals surface area contributed by atoms with Crippen LogP contribution in [0.15, 0.2) is 12.4 Å². The molecule has 0 atom stereocenters. The second kappa shape index (κ2) is 3.43. The summed E-state index contributed by atoms with van der Waals surface area (Å²) in [4.78, 5) is 17.8. The Balaban J connectivity index is 2.91. The molecule has 11 heavy (non-hydrogen) atoms. The van der Waals surface area contributed by atoms with Crippen molar-refractivity contribution in [2.75, 3.05) is 0 Å². The van der Waals surface area contributed by atoms with Crippen LogP contribution >= 0.6 is 15.9 Å². The molecule has 1 heterocycles. The molecule has 0 bridgehead atoms. The van der Waals surface area contributed by atoms with Crippen LogP contribution in [-0.2, 0) is 5.33 Å². The molecular formula is C6H5BrN2O2. The Hall–Kier alpha value is -0.970. The SMILES string of the molecule is O=C(O)c1cnc(CBr)cn1. The highest BCUT2D eigenvalue weighted by molar-refractivity contribution is 9.08. The average molecular weight is 217 g/mol. The Morgan fingerprint density at radius 1 is 1.55 bits per heavy atom. The second-order valence-corrected chi connectivity index (χ2v) is 2.39. The number of carboxylic acid groups (broad SMARTS) is 1. The molecule has 0 fully saturated rings. The molecule has 0 radical (unpaired) electrons. The van der Waals surface area contributed by atoms with Crippen LogP contribution in [0.25, 0.3) is 0 Å². The van der Waals surface area contributed by atoms with Crippen LogP contribution in [0.3, 0.4) is 0 Å². The number of aromatic carboxylic acids is 1. The van der Waals surface area contributed by atoms with Crippen LogP contribution < -0.4 is 0 Å². The van der Waals surface area contributed by atoms with E-state index in [9.17, 15) is 4.79 Å². The third-order valence-corrected chi connectivity index (χ3v) is 1.64. The number of rotatable bonds is 2. The molecule has 1 N–H and O–H groups in total. The third kappa shape index (κ3) is 1.98. The number of aromatic nitrogens is 2. The molecule has 4 nitrogen and oxygen atoms in total. The first-order chi connectivity index (χ1) is 5.24. The summed E-state index contributed by atoms with van der Waals surface area (Å²) in [6, 6.07) is 0. The van der Waals surface area contributed by atoms with Gasteiger partial charge in [-0.25, -0.2) is 9.78 Å². The van der Waals surface area contributed by atoms with E-state index in [0.29, 0.717) is 5.33 Å². The fraction of sp³-hybridized carbons (Fsp3) is 0.167. The first-order valence-corrected chi connectivity index (χ1v) is 3.96. The minimum Gasteiger partial charge on any atom is -0.476 e. The molecule has 1 aromatic rings. The first kappa shape index (κ1) is 8.13. The van der Waals surface area contributed by atoms with Crippen LogP contribution in [0.1, 0.15) is 16.2 Å². The number of carboxylic acids is 1. The maximum absolute atomic E-state index is 10.3. The van der Waals surface area contributed by atoms with Crippen LogP contribution in [-0.4, -0.2) is 21.0 Å². The summed E-state index contributed by atoms with van der Waals surface area (Å²) in [6.07, 6.45) is 2.66. The third-order valence-electron chi connectivity index (χ3n) is 1.06. The summed E-state index contributed by atoms with van der Waals surface area (Å²) >= 11 is 3.17. The average Bonchev–Trinajstić information content (AvgIpc) is 2.05. The Kier molecular flexibility index (Phi) is 2.53. The molecule has 58 valence electrons. The maximum Gasteiger partial charge on any atom is 0.356 e. The molecule has 0 aliphatic rings. The molecule has 0 aliphatic heterocycles. The lowest BCUT2D eigenvalue weighted by Crippen LogP contribution is -2.01. The Labute approximate surface area is 71.4 Å². The van der Waals surface area contributed by atoms with Crippen LogP contribution in [0.4, 0.5) is 0 Å². The summed E-state index contributed by atoms with van der Waals surface area (Å²) < 4.78 is 0. The van der Waals surface area contributed by atoms with Gasteiger partial charge in [-0.2, -0.15) is 0 Å². The summed E-state index contributed by atoms with van der Waals surface area (Å²) in [6.45, 7) is 0. The quantitative estimate of drug-likeness (QED) is 0.752. The summed E-state index contributed by atoms with van der Waals surface area (Å²) in [5, 5.41) is 9.02. The van der Waals surface area contributed by atoms with Gasteiger partial charge in [-0.1, -0.05) is 15.9 Å². The van der Waals surface area contributed by atoms with E-state index in [1.165, 1.54) is 12.4 Å². The van der Waals surface area contributed by atoms with E-state index >= 15 is 0 Å². The molecule has 1 aromatic heterocycles. The van der Waals surface area contributed by atoms with Crippen LogP contribution in [0, 0.1) is 0 Å². The fourth-order valence-electron chi connectivity index (χ4n) is 0.534. The number of hydrogen-bond acceptors (Lipinski definition) is 3. The Morgan fingerprint density at radius 2 is 2.27 bits per heavy atom. The van der Waals surface area contributed by atoms with Gasteiger partial charge in [0, 0.05) is 5.33 Å². The Bertz CT molecular complexity index is 260. The van der Waals surface area contributed by atoms with Gasteiger partial charge in [0.1, 0.15) is 0 Å². The van der Waals surface area contributed by atoms with Gasteiger partial charge in [-0.3, -0.25) is 4.98 Å². The molecule has 1 rings (SSSR count). The van der Waals surface area contributed by atoms with Gasteiger partial charge in [0.05, 0.1) is 18.1 Å². The number of hydrogen-bond donors (Lipinski definition) is 1. The van der Waals surface area contributed by atoms with E-state index in [4.69, 9.17) is 5.11 Å². The zero-order chi connectivity index (χ0) is 8.27. The predicted molar refractivity (Wildman–Crippen MR) is 41.6 cm³/mol. The van der Waals surface area contributed by atoms with Crippen molar-refractivity contribution in [1.82, 2.24) is 9.97 Å². The van der Waals surface area contributed by atoms with Gasteiger partial charge in [-0.05, 0) is 0 Å². The van der Waals surface area contributed by atoms with Crippen LogP contribution in [0.2, 0.25) is 0 Å². The molecular weight excluding hydrogens is 212 g/mol. The van der Waals surface area contributed by atoms with E-state index in [0.717, 1.165) is 5.69 Å². The standard InChI is InChI=1S/C6H5BrN2O2/c7-1-4-2-9-5(3-8-4)6(10)11/h2-3H,1H2,(H,10,11). The van der Waals surface area contributed by atoms with Gasteiger partial charge in [-0.15, -0.1) is 0 Å². The zero-order valence-corrected chi connectivity index (χ0v) is 7.08. The first-order valence-electron chi connectivity index (χ1n) is 2.84. The van der Waals surface area contributed by atoms with Crippen molar-refractivity contribution in [3.8, 4) is 0 Å². The minimum absolute atomic E-state index is 0.0327. The zero-order valence-electron chi connectivity index (χ0n) is 5.49.